The van der Waals surface area contributed by atoms with Gasteiger partial charge in [0.05, 0.1) is 5.60 Å². The molecule has 26 heavy (non-hydrogen) atoms. The quantitative estimate of drug-likeness (QED) is 0.321. The van der Waals surface area contributed by atoms with Crippen LogP contribution in [0.3, 0.4) is 0 Å². The number of hydrogen-bond acceptors (Lipinski definition) is 3. The average Bonchev–Trinajstić information content (AvgIpc) is 2.34. The van der Waals surface area contributed by atoms with E-state index in [0.717, 1.165) is 6.42 Å². The molecule has 0 radical (unpaired) electrons. The summed E-state index contributed by atoms with van der Waals surface area (Å²) >= 11 is 1.53. The van der Waals surface area contributed by atoms with Gasteiger partial charge in [-0.05, 0) is 20.3 Å². The van der Waals surface area contributed by atoms with Gasteiger partial charge in [0.15, 0.2) is 0 Å². The zero-order valence-corrected chi connectivity index (χ0v) is 17.2. The molecule has 0 fully saturated rings. The van der Waals surface area contributed by atoms with Gasteiger partial charge in [0.25, 0.3) is 0 Å². The maximum Gasteiger partial charge on any atom is 0.435 e. The second kappa shape index (κ2) is 11.6. The van der Waals surface area contributed by atoms with E-state index in [1.54, 1.807) is 13.8 Å². The molecule has 0 aromatic carbocycles. The number of hydrogen-bond donors (Lipinski definition) is 2. The second-order valence-corrected chi connectivity index (χ2v) is 6.15. The van der Waals surface area contributed by atoms with E-state index in [-0.39, 0.29) is 7.43 Å². The van der Waals surface area contributed by atoms with Crippen molar-refractivity contribution in [1.29, 1.82) is 0 Å². The van der Waals surface area contributed by atoms with Crippen molar-refractivity contribution in [2.24, 2.45) is 3.34 Å². The van der Waals surface area contributed by atoms with Gasteiger partial charge >= 0.3 is 68.2 Å². The van der Waals surface area contributed by atoms with Gasteiger partial charge in [0.2, 0.25) is 0 Å². The van der Waals surface area contributed by atoms with Gasteiger partial charge in [-0.15, -0.1) is 0 Å². The molecular weight excluding hydrogens is 466 g/mol. The number of nitrogens with zero attached hydrogens (tertiary/aromatic N) is 1. The van der Waals surface area contributed by atoms with Gasteiger partial charge in [0, 0.05) is 0 Å². The van der Waals surface area contributed by atoms with E-state index < -0.39 is 29.7 Å². The molecule has 13 heteroatoms. The number of halogens is 9. The Morgan fingerprint density at radius 1 is 0.808 bits per heavy atom. The molecule has 0 aliphatic carbocycles. The Kier molecular flexibility index (Phi) is 14.9. The average molecular weight is 489 g/mol. The van der Waals surface area contributed by atoms with Gasteiger partial charge in [-0.2, -0.15) is 39.5 Å². The van der Waals surface area contributed by atoms with Crippen LogP contribution >= 0.6 is 0 Å². The Bertz CT molecular complexity index is 349. The van der Waals surface area contributed by atoms with Gasteiger partial charge in [-0.3, -0.25) is 0 Å². The summed E-state index contributed by atoms with van der Waals surface area (Å²) in [6, 6.07) is 0.531. The first kappa shape index (κ1) is 33.4. The minimum atomic E-state index is -6.87. The molecule has 0 bridgehead atoms. The largest absolute Gasteiger partial charge is 0.435 e. The zero-order valence-electron chi connectivity index (χ0n) is 15.0. The third-order valence-electron chi connectivity index (χ3n) is 2.33. The van der Waals surface area contributed by atoms with Crippen LogP contribution in [-0.4, -0.2) is 46.0 Å². The topological polar surface area (TPSA) is 52.8 Å². The van der Waals surface area contributed by atoms with E-state index in [1.165, 1.54) is 20.9 Å². The molecule has 0 saturated carbocycles. The van der Waals surface area contributed by atoms with Crippen molar-refractivity contribution in [3.05, 3.63) is 7.43 Å². The predicted octanol–water partition coefficient (Wildman–Crippen LogP) is 5.15. The fourth-order valence-electron chi connectivity index (χ4n) is 0.482. The summed E-state index contributed by atoms with van der Waals surface area (Å²) in [6.45, 7) is 9.69. The number of aliphatic hydroxyl groups is 2. The third kappa shape index (κ3) is 12.3. The monoisotopic (exact) mass is 489 g/mol. The Morgan fingerprint density at radius 3 is 0.962 bits per heavy atom. The summed E-state index contributed by atoms with van der Waals surface area (Å²) in [5.41, 5.74) is -7.15. The minimum Gasteiger partial charge on any atom is -0.390 e. The first-order valence-corrected chi connectivity index (χ1v) is 7.55. The van der Waals surface area contributed by atoms with Crippen molar-refractivity contribution in [3.63, 3.8) is 0 Å². The van der Waals surface area contributed by atoms with Gasteiger partial charge in [-0.25, -0.2) is 0 Å². The van der Waals surface area contributed by atoms with Crippen LogP contribution in [0.1, 0.15) is 41.0 Å². The summed E-state index contributed by atoms with van der Waals surface area (Å²) in [6.07, 6.45) is -19.8. The maximum absolute atomic E-state index is 11.4. The summed E-state index contributed by atoms with van der Waals surface area (Å²) < 4.78 is 107. The molecule has 0 heterocycles. The van der Waals surface area contributed by atoms with Crippen LogP contribution in [-0.2, 0) is 20.9 Å². The van der Waals surface area contributed by atoms with Crippen LogP contribution in [0, 0.1) is 7.43 Å². The van der Waals surface area contributed by atoms with Gasteiger partial charge in [-0.1, -0.05) is 6.92 Å². The molecular formula is C13H23F9NNbO2-. The van der Waals surface area contributed by atoms with Gasteiger partial charge < -0.3 is 17.6 Å². The molecule has 0 aromatic rings. The first-order chi connectivity index (χ1) is 10.6. The van der Waals surface area contributed by atoms with Crippen molar-refractivity contribution in [1.82, 2.24) is 0 Å². The van der Waals surface area contributed by atoms with E-state index in [4.69, 9.17) is 10.2 Å². The van der Waals surface area contributed by atoms with Crippen molar-refractivity contribution < 1.29 is 70.6 Å². The van der Waals surface area contributed by atoms with Crippen molar-refractivity contribution >= 4 is 0 Å². The summed E-state index contributed by atoms with van der Waals surface area (Å²) in [7, 11) is 0. The molecule has 0 rings (SSSR count). The van der Waals surface area contributed by atoms with Crippen LogP contribution < -0.4 is 0 Å². The van der Waals surface area contributed by atoms with Crippen LogP contribution in [0.2, 0.25) is 0 Å². The number of alkyl halides is 9. The Balaban J connectivity index is -0.000000168. The van der Waals surface area contributed by atoms with E-state index in [1.807, 2.05) is 6.92 Å². The second-order valence-electron chi connectivity index (χ2n) is 5.58. The fraction of sp³-hybridized carbons (Fsp3) is 0.923. The maximum atomic E-state index is 11.4. The molecule has 161 valence electrons. The summed E-state index contributed by atoms with van der Waals surface area (Å²) in [5.74, 6) is 0. The van der Waals surface area contributed by atoms with Crippen LogP contribution in [0.4, 0.5) is 39.5 Å². The van der Waals surface area contributed by atoms with Crippen molar-refractivity contribution in [2.75, 3.05) is 0 Å². The molecule has 0 aliphatic rings. The molecule has 0 aliphatic heterocycles. The van der Waals surface area contributed by atoms with E-state index >= 15 is 0 Å². The Labute approximate surface area is 158 Å². The first-order valence-electron chi connectivity index (χ1n) is 6.57. The Hall–Kier alpha value is -0.170. The van der Waals surface area contributed by atoms with E-state index in [2.05, 4.69) is 17.2 Å². The predicted molar refractivity (Wildman–Crippen MR) is 73.7 cm³/mol. The summed E-state index contributed by atoms with van der Waals surface area (Å²) in [4.78, 5) is 0. The molecule has 0 spiro atoms. The minimum absolute atomic E-state index is 0. The molecule has 0 aromatic heterocycles. The van der Waals surface area contributed by atoms with Crippen molar-refractivity contribution in [3.8, 4) is 0 Å². The third-order valence-corrected chi connectivity index (χ3v) is 3.46. The van der Waals surface area contributed by atoms with E-state index in [9.17, 15) is 39.5 Å². The molecule has 2 N–H and O–H groups in total. The molecule has 0 unspecified atom stereocenters. The van der Waals surface area contributed by atoms with Crippen LogP contribution in [0.15, 0.2) is 3.34 Å². The Morgan fingerprint density at radius 2 is 0.962 bits per heavy atom. The van der Waals surface area contributed by atoms with Crippen LogP contribution in [0.5, 0.6) is 0 Å². The normalized spacial score (nSPS) is 12.9. The molecule has 3 nitrogen and oxygen atoms in total. The van der Waals surface area contributed by atoms with Crippen LogP contribution in [0.25, 0.3) is 0 Å². The van der Waals surface area contributed by atoms with Gasteiger partial charge in [0.1, 0.15) is 0 Å². The molecule has 0 amide bonds. The zero-order chi connectivity index (χ0) is 21.5. The SMILES string of the molecule is CC(C)[N]=[Nb].CCC(C)(C)O.OC(C(F)(F)F)(C(F)(F)F)C(F)(F)F.[CH3-]. The van der Waals surface area contributed by atoms with E-state index in [0.29, 0.717) is 6.04 Å². The summed E-state index contributed by atoms with van der Waals surface area (Å²) in [5, 5.41) is 16.5. The standard InChI is InChI=1S/C5H12O.C4HF9O.C3H7N.CH3.Nb/c1-4-5(2,3)6;5-2(6,7)1(14,3(8,9)10)4(11,12)13;1-3(2)4;;/h6H,4H2,1-3H3;14H;3H,1-2H3;1H3;/q;;;-1;. The van der Waals surface area contributed by atoms with Crippen molar-refractivity contribution in [2.45, 2.75) is 76.8 Å². The number of rotatable bonds is 2. The molecule has 0 saturated heterocycles. The fourth-order valence-corrected chi connectivity index (χ4v) is 0.482. The molecule has 0 atom stereocenters. The smallest absolute Gasteiger partial charge is 0.390 e.